The highest BCUT2D eigenvalue weighted by Crippen LogP contribution is 2.29. The number of nitrogens with zero attached hydrogens (tertiary/aromatic N) is 3. The lowest BCUT2D eigenvalue weighted by Gasteiger charge is -2.27. The van der Waals surface area contributed by atoms with Crippen LogP contribution in [0.2, 0.25) is 0 Å². The molecule has 0 bridgehead atoms. The predicted octanol–water partition coefficient (Wildman–Crippen LogP) is 3.49. The average molecular weight is 341 g/mol. The molecule has 5 nitrogen and oxygen atoms in total. The van der Waals surface area contributed by atoms with Crippen molar-refractivity contribution >= 4 is 33.6 Å². The third-order valence-corrected chi connectivity index (χ3v) is 4.95. The molecule has 5 heteroatoms. The van der Waals surface area contributed by atoms with Gasteiger partial charge in [0.05, 0.1) is 17.4 Å². The molecule has 0 unspecified atom stereocenters. The fourth-order valence-electron chi connectivity index (χ4n) is 3.68. The number of aromatic nitrogens is 2. The Hall–Kier alpha value is -3.47. The highest BCUT2D eigenvalue weighted by Gasteiger charge is 2.32. The number of imide groups is 1. The molecule has 0 radical (unpaired) electrons. The first-order chi connectivity index (χ1) is 12.7. The van der Waals surface area contributed by atoms with E-state index in [1.807, 2.05) is 53.1 Å². The Balaban J connectivity index is 1.51. The number of rotatable bonds is 3. The van der Waals surface area contributed by atoms with Crippen LogP contribution in [0.1, 0.15) is 20.7 Å². The average Bonchev–Trinajstić information content (AvgIpc) is 3.09. The zero-order valence-electron chi connectivity index (χ0n) is 13.9. The van der Waals surface area contributed by atoms with Gasteiger partial charge in [-0.05, 0) is 29.7 Å². The summed E-state index contributed by atoms with van der Waals surface area (Å²) in [6.45, 7) is 0.818. The van der Waals surface area contributed by atoms with E-state index in [-0.39, 0.29) is 11.8 Å². The number of imidazole rings is 1. The third-order valence-electron chi connectivity index (χ3n) is 4.95. The minimum absolute atomic E-state index is 0.233. The van der Waals surface area contributed by atoms with E-state index in [1.54, 1.807) is 18.5 Å². The van der Waals surface area contributed by atoms with Gasteiger partial charge < -0.3 is 4.57 Å². The summed E-state index contributed by atoms with van der Waals surface area (Å²) >= 11 is 0. The van der Waals surface area contributed by atoms with Crippen molar-refractivity contribution in [1.29, 1.82) is 0 Å². The van der Waals surface area contributed by atoms with Crippen molar-refractivity contribution in [3.8, 4) is 0 Å². The van der Waals surface area contributed by atoms with Crippen LogP contribution in [0, 0.1) is 0 Å². The van der Waals surface area contributed by atoms with Gasteiger partial charge in [0, 0.05) is 29.6 Å². The third kappa shape index (κ3) is 2.07. The normalized spacial score (nSPS) is 13.8. The topological polar surface area (TPSA) is 55.2 Å². The van der Waals surface area contributed by atoms with Gasteiger partial charge in [0.1, 0.15) is 0 Å². The zero-order valence-corrected chi connectivity index (χ0v) is 13.9. The van der Waals surface area contributed by atoms with E-state index in [4.69, 9.17) is 0 Å². The van der Waals surface area contributed by atoms with E-state index in [9.17, 15) is 9.59 Å². The number of amides is 2. The molecular weight excluding hydrogens is 326 g/mol. The van der Waals surface area contributed by atoms with E-state index in [0.29, 0.717) is 24.2 Å². The lowest BCUT2D eigenvalue weighted by atomic mass is 9.94. The van der Waals surface area contributed by atoms with Crippen LogP contribution < -0.4 is 0 Å². The standard InChI is InChI=1S/C21H15N3O2/c25-20-15-7-3-5-14-6-4-8-16(19(14)15)21(26)24(20)12-11-23-13-22-17-9-1-2-10-18(17)23/h1-10,13H,11-12H2. The van der Waals surface area contributed by atoms with Crippen molar-refractivity contribution in [2.45, 2.75) is 6.54 Å². The van der Waals surface area contributed by atoms with E-state index in [1.165, 1.54) is 4.90 Å². The largest absolute Gasteiger partial charge is 0.329 e. The van der Waals surface area contributed by atoms with Crippen molar-refractivity contribution in [2.24, 2.45) is 0 Å². The minimum Gasteiger partial charge on any atom is -0.329 e. The molecule has 126 valence electrons. The van der Waals surface area contributed by atoms with Crippen LogP contribution in [0.4, 0.5) is 0 Å². The van der Waals surface area contributed by atoms with Crippen LogP contribution in [-0.4, -0.2) is 32.8 Å². The fourth-order valence-corrected chi connectivity index (χ4v) is 3.68. The number of para-hydroxylation sites is 2. The Morgan fingerprint density at radius 3 is 2.19 bits per heavy atom. The van der Waals surface area contributed by atoms with Crippen LogP contribution in [-0.2, 0) is 6.54 Å². The maximum absolute atomic E-state index is 12.9. The van der Waals surface area contributed by atoms with E-state index < -0.39 is 0 Å². The van der Waals surface area contributed by atoms with Crippen LogP contribution >= 0.6 is 0 Å². The van der Waals surface area contributed by atoms with E-state index >= 15 is 0 Å². The lowest BCUT2D eigenvalue weighted by Crippen LogP contribution is -2.42. The minimum atomic E-state index is -0.233. The van der Waals surface area contributed by atoms with Gasteiger partial charge in [0.25, 0.3) is 11.8 Å². The Morgan fingerprint density at radius 2 is 1.46 bits per heavy atom. The van der Waals surface area contributed by atoms with Gasteiger partial charge in [0.2, 0.25) is 0 Å². The summed E-state index contributed by atoms with van der Waals surface area (Å²) in [7, 11) is 0. The molecule has 1 aliphatic heterocycles. The molecule has 0 saturated heterocycles. The zero-order chi connectivity index (χ0) is 17.7. The molecule has 0 N–H and O–H groups in total. The summed E-state index contributed by atoms with van der Waals surface area (Å²) in [5.41, 5.74) is 3.08. The summed E-state index contributed by atoms with van der Waals surface area (Å²) < 4.78 is 1.97. The van der Waals surface area contributed by atoms with Crippen LogP contribution in [0.25, 0.3) is 21.8 Å². The van der Waals surface area contributed by atoms with Crippen LogP contribution in [0.5, 0.6) is 0 Å². The highest BCUT2D eigenvalue weighted by molar-refractivity contribution is 6.25. The monoisotopic (exact) mass is 341 g/mol. The molecule has 5 rings (SSSR count). The Kier molecular flexibility index (Phi) is 3.15. The second-order valence-electron chi connectivity index (χ2n) is 6.40. The molecular formula is C21H15N3O2. The summed E-state index contributed by atoms with van der Waals surface area (Å²) in [6, 6.07) is 19.0. The quantitative estimate of drug-likeness (QED) is 0.536. The van der Waals surface area contributed by atoms with Crippen LogP contribution in [0.3, 0.4) is 0 Å². The van der Waals surface area contributed by atoms with Gasteiger partial charge in [-0.15, -0.1) is 0 Å². The van der Waals surface area contributed by atoms with Gasteiger partial charge in [0.15, 0.2) is 0 Å². The molecule has 1 aliphatic rings. The highest BCUT2D eigenvalue weighted by atomic mass is 16.2. The number of benzene rings is 3. The van der Waals surface area contributed by atoms with Crippen molar-refractivity contribution in [3.63, 3.8) is 0 Å². The van der Waals surface area contributed by atoms with Gasteiger partial charge >= 0.3 is 0 Å². The number of hydrogen-bond acceptors (Lipinski definition) is 3. The van der Waals surface area contributed by atoms with E-state index in [2.05, 4.69) is 4.98 Å². The van der Waals surface area contributed by atoms with Gasteiger partial charge in [-0.1, -0.05) is 36.4 Å². The molecule has 0 aliphatic carbocycles. The van der Waals surface area contributed by atoms with Crippen LogP contribution in [0.15, 0.2) is 67.0 Å². The Labute approximate surface area is 149 Å². The molecule has 26 heavy (non-hydrogen) atoms. The maximum Gasteiger partial charge on any atom is 0.261 e. The SMILES string of the molecule is O=C1c2cccc3cccc(c23)C(=O)N1CCn1cnc2ccccc21. The summed E-state index contributed by atoms with van der Waals surface area (Å²) in [5.74, 6) is -0.465. The van der Waals surface area contributed by atoms with Gasteiger partial charge in [-0.3, -0.25) is 14.5 Å². The number of carbonyl (C=O) groups excluding carboxylic acids is 2. The summed E-state index contributed by atoms with van der Waals surface area (Å²) in [4.78, 5) is 31.5. The molecule has 3 aromatic carbocycles. The smallest absolute Gasteiger partial charge is 0.261 e. The van der Waals surface area contributed by atoms with Gasteiger partial charge in [-0.2, -0.15) is 0 Å². The first kappa shape index (κ1) is 14.8. The summed E-state index contributed by atoms with van der Waals surface area (Å²) in [6.07, 6.45) is 1.75. The van der Waals surface area contributed by atoms with E-state index in [0.717, 1.165) is 21.8 Å². The first-order valence-corrected chi connectivity index (χ1v) is 8.52. The molecule has 0 spiro atoms. The van der Waals surface area contributed by atoms with Crippen molar-refractivity contribution < 1.29 is 9.59 Å². The predicted molar refractivity (Wildman–Crippen MR) is 99.0 cm³/mol. The number of hydrogen-bond donors (Lipinski definition) is 0. The first-order valence-electron chi connectivity index (χ1n) is 8.52. The Morgan fingerprint density at radius 1 is 0.769 bits per heavy atom. The van der Waals surface area contributed by atoms with Crippen molar-refractivity contribution in [3.05, 3.63) is 78.1 Å². The molecule has 0 atom stereocenters. The molecule has 2 heterocycles. The van der Waals surface area contributed by atoms with Gasteiger partial charge in [-0.25, -0.2) is 4.98 Å². The molecule has 4 aromatic rings. The fraction of sp³-hybridized carbons (Fsp3) is 0.0952. The molecule has 1 aromatic heterocycles. The second-order valence-corrected chi connectivity index (χ2v) is 6.40. The molecule has 2 amide bonds. The summed E-state index contributed by atoms with van der Waals surface area (Å²) in [5, 5.41) is 1.68. The number of carbonyl (C=O) groups is 2. The van der Waals surface area contributed by atoms with Crippen molar-refractivity contribution in [2.75, 3.05) is 6.54 Å². The number of fused-ring (bicyclic) bond motifs is 1. The molecule has 0 saturated carbocycles. The Bertz CT molecular complexity index is 1140. The maximum atomic E-state index is 12.9. The lowest BCUT2D eigenvalue weighted by molar-refractivity contribution is 0.0605. The second kappa shape index (κ2) is 5.52. The van der Waals surface area contributed by atoms with Crippen molar-refractivity contribution in [1.82, 2.24) is 14.5 Å². The molecule has 0 fully saturated rings.